The molecule has 1 aliphatic rings. The fraction of sp³-hybridized carbons (Fsp3) is 0.267. The number of rotatable bonds is 2. The molecule has 0 amide bonds. The number of carbonyl (C=O) groups excluding carboxylic acids is 3. The van der Waals surface area contributed by atoms with Gasteiger partial charge in [-0.25, -0.2) is 14.4 Å². The molecule has 1 heterocycles. The van der Waals surface area contributed by atoms with Crippen LogP contribution in [0.1, 0.15) is 29.8 Å². The average Bonchev–Trinajstić information content (AvgIpc) is 2.41. The highest BCUT2D eigenvalue weighted by Crippen LogP contribution is 2.27. The van der Waals surface area contributed by atoms with Crippen molar-refractivity contribution in [3.05, 3.63) is 39.4 Å². The zero-order chi connectivity index (χ0) is 16.5. The van der Waals surface area contributed by atoms with Gasteiger partial charge in [0.2, 0.25) is 0 Å². The summed E-state index contributed by atoms with van der Waals surface area (Å²) >= 11 is 3.24. The number of hydrogen-bond donors (Lipinski definition) is 0. The summed E-state index contributed by atoms with van der Waals surface area (Å²) in [6, 6.07) is 4.88. The highest BCUT2D eigenvalue weighted by atomic mass is 79.9. The minimum atomic E-state index is -1.31. The van der Waals surface area contributed by atoms with E-state index in [2.05, 4.69) is 15.9 Å². The first-order chi connectivity index (χ1) is 10.2. The number of carbonyl (C=O) groups is 3. The molecule has 6 nitrogen and oxygen atoms in total. The van der Waals surface area contributed by atoms with Crippen LogP contribution in [0.25, 0.3) is 6.08 Å². The second-order valence-corrected chi connectivity index (χ2v) is 5.79. The molecule has 0 spiro atoms. The molecule has 1 fully saturated rings. The van der Waals surface area contributed by atoms with Crippen molar-refractivity contribution < 1.29 is 28.6 Å². The zero-order valence-corrected chi connectivity index (χ0v) is 13.7. The quantitative estimate of drug-likeness (QED) is 0.453. The normalized spacial score (nSPS) is 16.6. The molecule has 0 saturated carbocycles. The summed E-state index contributed by atoms with van der Waals surface area (Å²) in [4.78, 5) is 35.7. The maximum Gasteiger partial charge on any atom is 0.348 e. The van der Waals surface area contributed by atoms with Crippen molar-refractivity contribution in [2.24, 2.45) is 0 Å². The van der Waals surface area contributed by atoms with Gasteiger partial charge in [0.25, 0.3) is 5.79 Å². The molecule has 0 N–H and O–H groups in total. The SMILES string of the molecule is COC(=O)c1c(Br)cccc1C=C1C(=O)OC(C)(C)OC1=O. The minimum Gasteiger partial charge on any atom is -0.465 e. The van der Waals surface area contributed by atoms with E-state index in [4.69, 9.17) is 14.2 Å². The molecular weight excluding hydrogens is 356 g/mol. The molecule has 1 aromatic carbocycles. The molecule has 0 aliphatic carbocycles. The number of cyclic esters (lactones) is 2. The van der Waals surface area contributed by atoms with Crippen LogP contribution in [-0.4, -0.2) is 30.8 Å². The topological polar surface area (TPSA) is 78.9 Å². The number of ether oxygens (including phenoxy) is 3. The van der Waals surface area contributed by atoms with Gasteiger partial charge in [0, 0.05) is 18.3 Å². The molecule has 0 bridgehead atoms. The predicted octanol–water partition coefficient (Wildman–Crippen LogP) is 2.46. The largest absolute Gasteiger partial charge is 0.465 e. The smallest absolute Gasteiger partial charge is 0.348 e. The monoisotopic (exact) mass is 368 g/mol. The van der Waals surface area contributed by atoms with Gasteiger partial charge in [-0.3, -0.25) is 0 Å². The highest BCUT2D eigenvalue weighted by molar-refractivity contribution is 9.10. The summed E-state index contributed by atoms with van der Waals surface area (Å²) in [6.45, 7) is 2.91. The molecule has 1 aliphatic heterocycles. The molecule has 2 rings (SSSR count). The van der Waals surface area contributed by atoms with Crippen molar-refractivity contribution in [3.8, 4) is 0 Å². The van der Waals surface area contributed by atoms with Crippen LogP contribution >= 0.6 is 15.9 Å². The zero-order valence-electron chi connectivity index (χ0n) is 12.1. The van der Waals surface area contributed by atoms with E-state index in [0.717, 1.165) is 0 Å². The lowest BCUT2D eigenvalue weighted by Crippen LogP contribution is -2.41. The first-order valence-corrected chi connectivity index (χ1v) is 7.09. The van der Waals surface area contributed by atoms with Crippen molar-refractivity contribution in [1.82, 2.24) is 0 Å². The van der Waals surface area contributed by atoms with Gasteiger partial charge in [0.15, 0.2) is 0 Å². The summed E-state index contributed by atoms with van der Waals surface area (Å²) < 4.78 is 15.2. The Bertz CT molecular complexity index is 667. The van der Waals surface area contributed by atoms with Gasteiger partial charge in [-0.2, -0.15) is 0 Å². The molecule has 116 valence electrons. The standard InChI is InChI=1S/C15H13BrO6/c1-15(2)21-12(17)9(13(18)22-15)7-8-5-4-6-10(16)11(8)14(19)20-3/h4-7H,1-3H3. The summed E-state index contributed by atoms with van der Waals surface area (Å²) in [5.74, 6) is -3.53. The van der Waals surface area contributed by atoms with Crippen molar-refractivity contribution in [2.45, 2.75) is 19.6 Å². The fourth-order valence-corrected chi connectivity index (χ4v) is 2.46. The van der Waals surface area contributed by atoms with Crippen LogP contribution < -0.4 is 0 Å². The molecule has 1 saturated heterocycles. The van der Waals surface area contributed by atoms with Gasteiger partial charge >= 0.3 is 17.9 Å². The summed E-state index contributed by atoms with van der Waals surface area (Å²) in [5.41, 5.74) is 0.246. The van der Waals surface area contributed by atoms with Crippen LogP contribution in [0, 0.1) is 0 Å². The molecule has 7 heteroatoms. The number of halogens is 1. The van der Waals surface area contributed by atoms with Crippen LogP contribution in [0.5, 0.6) is 0 Å². The second-order valence-electron chi connectivity index (χ2n) is 4.93. The average molecular weight is 369 g/mol. The van der Waals surface area contributed by atoms with Crippen LogP contribution in [0.4, 0.5) is 0 Å². The summed E-state index contributed by atoms with van der Waals surface area (Å²) in [6.07, 6.45) is 1.25. The highest BCUT2D eigenvalue weighted by Gasteiger charge is 2.39. The molecule has 0 atom stereocenters. The van der Waals surface area contributed by atoms with Gasteiger partial charge in [-0.15, -0.1) is 0 Å². The number of hydrogen-bond acceptors (Lipinski definition) is 6. The molecule has 0 unspecified atom stereocenters. The molecule has 0 radical (unpaired) electrons. The minimum absolute atomic E-state index is 0.197. The number of esters is 3. The lowest BCUT2D eigenvalue weighted by Gasteiger charge is -2.29. The van der Waals surface area contributed by atoms with E-state index < -0.39 is 23.7 Å². The van der Waals surface area contributed by atoms with E-state index in [1.165, 1.54) is 27.0 Å². The van der Waals surface area contributed by atoms with Gasteiger partial charge in [-0.05, 0) is 33.6 Å². The van der Waals surface area contributed by atoms with Crippen molar-refractivity contribution in [3.63, 3.8) is 0 Å². The lowest BCUT2D eigenvalue weighted by atomic mass is 10.0. The van der Waals surface area contributed by atoms with Crippen molar-refractivity contribution in [1.29, 1.82) is 0 Å². The molecular formula is C15H13BrO6. The third-order valence-corrected chi connectivity index (χ3v) is 3.51. The van der Waals surface area contributed by atoms with E-state index in [1.807, 2.05) is 0 Å². The Morgan fingerprint density at radius 2 is 1.82 bits per heavy atom. The van der Waals surface area contributed by atoms with Crippen LogP contribution in [0.2, 0.25) is 0 Å². The summed E-state index contributed by atoms with van der Waals surface area (Å²) in [7, 11) is 1.24. The van der Waals surface area contributed by atoms with Crippen molar-refractivity contribution >= 4 is 39.9 Å². The summed E-state index contributed by atoms with van der Waals surface area (Å²) in [5, 5.41) is 0. The Morgan fingerprint density at radius 1 is 1.23 bits per heavy atom. The Labute approximate surface area is 135 Å². The fourth-order valence-electron chi connectivity index (χ4n) is 1.91. The Balaban J connectivity index is 2.50. The van der Waals surface area contributed by atoms with E-state index in [-0.39, 0.29) is 11.1 Å². The predicted molar refractivity (Wildman–Crippen MR) is 79.7 cm³/mol. The third-order valence-electron chi connectivity index (χ3n) is 2.85. The molecule has 0 aromatic heterocycles. The van der Waals surface area contributed by atoms with Gasteiger partial charge in [0.05, 0.1) is 12.7 Å². The third kappa shape index (κ3) is 3.19. The second kappa shape index (κ2) is 5.92. The molecule has 22 heavy (non-hydrogen) atoms. The first kappa shape index (κ1) is 16.2. The maximum atomic E-state index is 11.9. The van der Waals surface area contributed by atoms with Gasteiger partial charge in [-0.1, -0.05) is 12.1 Å². The van der Waals surface area contributed by atoms with E-state index >= 15 is 0 Å². The van der Waals surface area contributed by atoms with E-state index in [9.17, 15) is 14.4 Å². The number of methoxy groups -OCH3 is 1. The van der Waals surface area contributed by atoms with Gasteiger partial charge in [0.1, 0.15) is 5.57 Å². The van der Waals surface area contributed by atoms with Crippen molar-refractivity contribution in [2.75, 3.05) is 7.11 Å². The molecule has 1 aromatic rings. The van der Waals surface area contributed by atoms with Crippen LogP contribution in [-0.2, 0) is 23.8 Å². The van der Waals surface area contributed by atoms with Crippen LogP contribution in [0.3, 0.4) is 0 Å². The van der Waals surface area contributed by atoms with E-state index in [1.54, 1.807) is 18.2 Å². The maximum absolute atomic E-state index is 11.9. The Hall–Kier alpha value is -2.15. The van der Waals surface area contributed by atoms with E-state index in [0.29, 0.717) is 10.0 Å². The van der Waals surface area contributed by atoms with Crippen LogP contribution in [0.15, 0.2) is 28.2 Å². The first-order valence-electron chi connectivity index (χ1n) is 6.30. The Morgan fingerprint density at radius 3 is 2.36 bits per heavy atom. The lowest BCUT2D eigenvalue weighted by molar-refractivity contribution is -0.222. The van der Waals surface area contributed by atoms with Gasteiger partial charge < -0.3 is 14.2 Å². The number of benzene rings is 1. The Kier molecular flexibility index (Phi) is 4.37.